The second-order valence-corrected chi connectivity index (χ2v) is 10.6. The molecule has 0 saturated heterocycles. The Hall–Kier alpha value is -1.74. The molecule has 0 unspecified atom stereocenters. The molecule has 132 valence electrons. The molecule has 1 heterocycles. The van der Waals surface area contributed by atoms with Crippen molar-refractivity contribution in [2.45, 2.75) is 20.4 Å². The van der Waals surface area contributed by atoms with Crippen molar-refractivity contribution in [3.8, 4) is 6.07 Å². The predicted octanol–water partition coefficient (Wildman–Crippen LogP) is 4.65. The Kier molecular flexibility index (Phi) is 5.32. The molecule has 2 nitrogen and oxygen atoms in total. The van der Waals surface area contributed by atoms with E-state index in [4.69, 9.17) is 5.26 Å². The molecule has 1 aromatic heterocycles. The van der Waals surface area contributed by atoms with Crippen molar-refractivity contribution >= 4 is 19.5 Å². The SMILES string of the molecule is Cc1cccc(C[n+]2ccccc2C#N)c1C.[F][Sb-]([F])([F])([F])([F])[F]. The maximum absolute atomic E-state index is 11.2. The number of halogens is 6. The molecule has 0 radical (unpaired) electrons. The van der Waals surface area contributed by atoms with Gasteiger partial charge in [0.15, 0.2) is 18.8 Å². The number of nitriles is 1. The standard InChI is InChI=1S/C15H15N2.6FH.Sb/c1-12-6-5-7-14(13(12)2)11-17-9-4-3-8-15(17)10-16;;;;;;;/h3-9H,11H2,1-2H3;6*1H;/q+1;;;;;;;+5/p-6. The summed E-state index contributed by atoms with van der Waals surface area (Å²) >= 11 is -11.2. The first-order chi connectivity index (χ1) is 10.7. The van der Waals surface area contributed by atoms with Gasteiger partial charge in [-0.15, -0.1) is 0 Å². The molecule has 0 saturated carbocycles. The van der Waals surface area contributed by atoms with Crippen molar-refractivity contribution in [1.82, 2.24) is 0 Å². The number of aryl methyl sites for hydroxylation is 1. The van der Waals surface area contributed by atoms with E-state index in [1.807, 2.05) is 29.0 Å². The van der Waals surface area contributed by atoms with Crippen LogP contribution in [0.25, 0.3) is 0 Å². The van der Waals surface area contributed by atoms with Crippen molar-refractivity contribution in [2.24, 2.45) is 0 Å². The normalized spacial score (nSPS) is 13.8. The molecule has 0 N–H and O–H groups in total. The zero-order chi connectivity index (χ0) is 18.7. The summed E-state index contributed by atoms with van der Waals surface area (Å²) in [6.07, 6.45) is 1.94. The van der Waals surface area contributed by atoms with Crippen LogP contribution in [-0.2, 0) is 6.54 Å². The van der Waals surface area contributed by atoms with Gasteiger partial charge in [-0.05, 0) is 31.0 Å². The molecule has 0 spiro atoms. The second kappa shape index (κ2) is 6.28. The molecule has 1 aromatic carbocycles. The number of rotatable bonds is 2. The number of hydrogen-bond acceptors (Lipinski definition) is 1. The first kappa shape index (κ1) is 20.3. The minimum atomic E-state index is -11.2. The summed E-state index contributed by atoms with van der Waals surface area (Å²) in [6, 6.07) is 14.2. The summed E-state index contributed by atoms with van der Waals surface area (Å²) in [4.78, 5) is 0. The fourth-order valence-corrected chi connectivity index (χ4v) is 1.88. The van der Waals surface area contributed by atoms with E-state index in [0.29, 0.717) is 5.69 Å². The Labute approximate surface area is 137 Å². The van der Waals surface area contributed by atoms with Crippen molar-refractivity contribution in [2.75, 3.05) is 0 Å². The van der Waals surface area contributed by atoms with Gasteiger partial charge in [-0.1, -0.05) is 18.2 Å². The van der Waals surface area contributed by atoms with Gasteiger partial charge in [-0.25, -0.2) is 0 Å². The van der Waals surface area contributed by atoms with Crippen LogP contribution in [0, 0.1) is 25.2 Å². The summed E-state index contributed by atoms with van der Waals surface area (Å²) in [5.74, 6) is 0. The van der Waals surface area contributed by atoms with Crippen molar-refractivity contribution < 1.29 is 21.4 Å². The molecule has 2 aromatic rings. The number of hydrogen-bond donors (Lipinski definition) is 0. The first-order valence-corrected chi connectivity index (χ1v) is 12.5. The van der Waals surface area contributed by atoms with Gasteiger partial charge in [0.1, 0.15) is 0 Å². The number of pyridine rings is 1. The minimum absolute atomic E-state index is 0.688. The summed E-state index contributed by atoms with van der Waals surface area (Å²) in [5, 5.41) is 9.05. The summed E-state index contributed by atoms with van der Waals surface area (Å²) in [5.41, 5.74) is 4.54. The van der Waals surface area contributed by atoms with Gasteiger partial charge in [0.25, 0.3) is 5.69 Å². The van der Waals surface area contributed by atoms with Crippen LogP contribution in [0.3, 0.4) is 0 Å². The van der Waals surface area contributed by atoms with Crippen LogP contribution in [0.2, 0.25) is 0 Å². The van der Waals surface area contributed by atoms with Gasteiger partial charge in [-0.2, -0.15) is 9.83 Å². The quantitative estimate of drug-likeness (QED) is 0.365. The third-order valence-electron chi connectivity index (χ3n) is 3.11. The Balaban J connectivity index is 0.000000351. The average Bonchev–Trinajstić information content (AvgIpc) is 2.41. The predicted molar refractivity (Wildman–Crippen MR) is 78.8 cm³/mol. The van der Waals surface area contributed by atoms with Gasteiger partial charge >= 0.3 is 36.4 Å². The van der Waals surface area contributed by atoms with E-state index >= 15 is 0 Å². The Morgan fingerprint density at radius 3 is 2.08 bits per heavy atom. The molecule has 0 aliphatic carbocycles. The third-order valence-corrected chi connectivity index (χ3v) is 3.11. The van der Waals surface area contributed by atoms with Crippen molar-refractivity contribution in [3.63, 3.8) is 0 Å². The number of nitrogens with zero attached hydrogens (tertiary/aromatic N) is 2. The molecular formula is C15H15F6N2Sb. The van der Waals surface area contributed by atoms with E-state index < -0.39 is 19.5 Å². The molecule has 0 aliphatic rings. The van der Waals surface area contributed by atoms with Crippen molar-refractivity contribution in [1.29, 1.82) is 5.26 Å². The van der Waals surface area contributed by atoms with Gasteiger partial charge < -0.3 is 0 Å². The second-order valence-electron chi connectivity index (χ2n) is 5.14. The van der Waals surface area contributed by atoms with Crippen LogP contribution in [0.1, 0.15) is 22.4 Å². The van der Waals surface area contributed by atoms with E-state index in [9.17, 15) is 16.9 Å². The maximum atomic E-state index is 9.93. The van der Waals surface area contributed by atoms with E-state index in [2.05, 4.69) is 38.1 Å². The summed E-state index contributed by atoms with van der Waals surface area (Å²) in [7, 11) is 0. The molecule has 0 amide bonds. The Morgan fingerprint density at radius 2 is 1.54 bits per heavy atom. The van der Waals surface area contributed by atoms with E-state index in [-0.39, 0.29) is 0 Å². The first-order valence-electron chi connectivity index (χ1n) is 6.67. The van der Waals surface area contributed by atoms with E-state index in [1.165, 1.54) is 16.7 Å². The van der Waals surface area contributed by atoms with E-state index in [1.54, 1.807) is 0 Å². The van der Waals surface area contributed by atoms with Crippen LogP contribution in [0.4, 0.5) is 16.9 Å². The van der Waals surface area contributed by atoms with Crippen LogP contribution in [0.15, 0.2) is 42.6 Å². The zero-order valence-corrected chi connectivity index (χ0v) is 15.4. The van der Waals surface area contributed by atoms with Gasteiger partial charge in [0.2, 0.25) is 0 Å². The molecule has 0 fully saturated rings. The fourth-order valence-electron chi connectivity index (χ4n) is 1.88. The molecule has 2 rings (SSSR count). The molecule has 0 bridgehead atoms. The number of benzene rings is 1. The topological polar surface area (TPSA) is 27.7 Å². The van der Waals surface area contributed by atoms with Gasteiger partial charge in [0.05, 0.1) is 0 Å². The molecule has 24 heavy (non-hydrogen) atoms. The van der Waals surface area contributed by atoms with Gasteiger partial charge in [-0.3, -0.25) is 0 Å². The summed E-state index contributed by atoms with van der Waals surface area (Å²) in [6.45, 7) is 4.98. The van der Waals surface area contributed by atoms with Crippen LogP contribution in [-0.4, -0.2) is 19.5 Å². The van der Waals surface area contributed by atoms with Crippen molar-refractivity contribution in [3.05, 3.63) is 65.0 Å². The van der Waals surface area contributed by atoms with Crippen LogP contribution >= 0.6 is 0 Å². The molecular weight excluding hydrogens is 444 g/mol. The van der Waals surface area contributed by atoms with Crippen LogP contribution in [0.5, 0.6) is 0 Å². The summed E-state index contributed by atoms with van der Waals surface area (Å²) < 4.78 is 61.5. The van der Waals surface area contributed by atoms with E-state index in [0.717, 1.165) is 6.54 Å². The monoisotopic (exact) mass is 458 g/mol. The average molecular weight is 459 g/mol. The third kappa shape index (κ3) is 8.78. The fraction of sp³-hybridized carbons (Fsp3) is 0.200. The Morgan fingerprint density at radius 1 is 0.958 bits per heavy atom. The molecule has 0 atom stereocenters. The number of aromatic nitrogens is 1. The zero-order valence-electron chi connectivity index (χ0n) is 12.9. The Bertz CT molecular complexity index is 767. The molecule has 0 aliphatic heterocycles. The van der Waals surface area contributed by atoms with Crippen LogP contribution < -0.4 is 4.57 Å². The van der Waals surface area contributed by atoms with Gasteiger partial charge in [0, 0.05) is 17.7 Å². The molecule has 9 heteroatoms.